The lowest BCUT2D eigenvalue weighted by molar-refractivity contribution is -0.342. The molecule has 3 saturated heterocycles. The van der Waals surface area contributed by atoms with Crippen molar-refractivity contribution in [1.82, 2.24) is 5.32 Å². The first-order valence-electron chi connectivity index (χ1n) is 11.7. The monoisotopic (exact) mass is 479 g/mol. The number of hydrogen-bond donors (Lipinski definition) is 1. The third-order valence-corrected chi connectivity index (χ3v) is 11.3. The van der Waals surface area contributed by atoms with Gasteiger partial charge in [-0.15, -0.1) is 0 Å². The Kier molecular flexibility index (Phi) is 7.31. The van der Waals surface area contributed by atoms with Crippen molar-refractivity contribution < 1.29 is 32.9 Å². The maximum Gasteiger partial charge on any atom is 0.217 e. The number of nitrogens with one attached hydrogen (secondary N) is 1. The zero-order valence-electron chi connectivity index (χ0n) is 20.4. The Bertz CT molecular complexity index is 811. The van der Waals surface area contributed by atoms with E-state index in [1.165, 1.54) is 6.92 Å². The molecule has 0 saturated carbocycles. The number of epoxide rings is 1. The molecule has 9 heteroatoms. The molecule has 3 aliphatic rings. The first-order chi connectivity index (χ1) is 15.5. The highest BCUT2D eigenvalue weighted by Gasteiger charge is 2.54. The molecule has 3 fully saturated rings. The van der Waals surface area contributed by atoms with Gasteiger partial charge in [0.1, 0.15) is 24.4 Å². The van der Waals surface area contributed by atoms with Crippen molar-refractivity contribution >= 4 is 14.2 Å². The smallest absolute Gasteiger partial charge is 0.217 e. The van der Waals surface area contributed by atoms with Crippen LogP contribution in [0.2, 0.25) is 18.1 Å². The third-order valence-electron chi connectivity index (χ3n) is 6.87. The number of amides is 1. The van der Waals surface area contributed by atoms with Crippen LogP contribution in [-0.2, 0) is 32.9 Å². The number of hydrogen-bond acceptors (Lipinski definition) is 7. The van der Waals surface area contributed by atoms with E-state index in [9.17, 15) is 4.79 Å². The summed E-state index contributed by atoms with van der Waals surface area (Å²) in [5, 5.41) is 3.01. The van der Waals surface area contributed by atoms with Crippen molar-refractivity contribution in [1.29, 1.82) is 0 Å². The number of ether oxygens (including phenoxy) is 5. The molecule has 0 aromatic heterocycles. The maximum atomic E-state index is 12.2. The Morgan fingerprint density at radius 2 is 1.82 bits per heavy atom. The Labute approximate surface area is 197 Å². The minimum Gasteiger partial charge on any atom is -0.409 e. The summed E-state index contributed by atoms with van der Waals surface area (Å²) in [7, 11) is -2.23. The van der Waals surface area contributed by atoms with Crippen LogP contribution >= 0.6 is 0 Å². The van der Waals surface area contributed by atoms with Gasteiger partial charge in [-0.25, -0.2) is 0 Å². The standard InChI is InChI=1S/C24H37NO7Si/c1-15(26)25-19-21(32-33(5,6)24(2,3)4)20-18(30-23(19)28-13-17-12-27-17)14-29-22(31-20)16-10-8-7-9-11-16/h7-11,17-23H,12-14H2,1-6H3,(H,25,26)/t17-,18-,19-,20-,21-,22?,23-/m1/s1. The summed E-state index contributed by atoms with van der Waals surface area (Å²) in [6.45, 7) is 13.9. The molecule has 33 heavy (non-hydrogen) atoms. The fraction of sp³-hybridized carbons (Fsp3) is 0.708. The summed E-state index contributed by atoms with van der Waals surface area (Å²) >= 11 is 0. The van der Waals surface area contributed by atoms with E-state index in [2.05, 4.69) is 39.2 Å². The Morgan fingerprint density at radius 1 is 1.12 bits per heavy atom. The second kappa shape index (κ2) is 9.73. The van der Waals surface area contributed by atoms with Gasteiger partial charge in [0.15, 0.2) is 20.9 Å². The number of rotatable bonds is 7. The average Bonchev–Trinajstić information content (AvgIpc) is 3.58. The highest BCUT2D eigenvalue weighted by Crippen LogP contribution is 2.42. The van der Waals surface area contributed by atoms with E-state index in [0.717, 1.165) is 5.56 Å². The van der Waals surface area contributed by atoms with Crippen LogP contribution in [-0.4, -0.2) is 70.8 Å². The van der Waals surface area contributed by atoms with Crippen molar-refractivity contribution in [2.75, 3.05) is 19.8 Å². The number of benzene rings is 1. The zero-order valence-corrected chi connectivity index (χ0v) is 21.4. The molecule has 0 aliphatic carbocycles. The fourth-order valence-electron chi connectivity index (χ4n) is 3.91. The van der Waals surface area contributed by atoms with Crippen LogP contribution in [0.4, 0.5) is 0 Å². The molecular weight excluding hydrogens is 442 g/mol. The fourth-order valence-corrected chi connectivity index (χ4v) is 5.22. The topological polar surface area (TPSA) is 87.8 Å². The van der Waals surface area contributed by atoms with Gasteiger partial charge < -0.3 is 33.4 Å². The number of carbonyl (C=O) groups is 1. The SMILES string of the molecule is CC(=O)N[C@H]1[C@H](OC[C@H]2CO2)O[C@@H]2COC(c3ccccc3)O[C@H]2[C@@H]1O[Si](C)(C)C(C)(C)C. The lowest BCUT2D eigenvalue weighted by atomic mass is 9.95. The molecule has 184 valence electrons. The third kappa shape index (κ3) is 5.84. The molecule has 4 rings (SSSR count). The summed E-state index contributed by atoms with van der Waals surface area (Å²) in [4.78, 5) is 12.2. The molecule has 1 amide bonds. The summed E-state index contributed by atoms with van der Waals surface area (Å²) < 4.78 is 37.1. The lowest BCUT2D eigenvalue weighted by Gasteiger charge is -2.52. The van der Waals surface area contributed by atoms with E-state index in [1.807, 2.05) is 30.3 Å². The second-order valence-electron chi connectivity index (χ2n) is 10.6. The van der Waals surface area contributed by atoms with Gasteiger partial charge in [0.25, 0.3) is 0 Å². The van der Waals surface area contributed by atoms with Gasteiger partial charge in [0, 0.05) is 12.5 Å². The molecule has 0 radical (unpaired) electrons. The van der Waals surface area contributed by atoms with Gasteiger partial charge in [0.05, 0.1) is 25.9 Å². The van der Waals surface area contributed by atoms with Crippen LogP contribution in [0.3, 0.4) is 0 Å². The van der Waals surface area contributed by atoms with Crippen molar-refractivity contribution in [2.24, 2.45) is 0 Å². The minimum atomic E-state index is -2.23. The highest BCUT2D eigenvalue weighted by molar-refractivity contribution is 6.74. The van der Waals surface area contributed by atoms with Gasteiger partial charge in [-0.05, 0) is 18.1 Å². The van der Waals surface area contributed by atoms with Crippen molar-refractivity contribution in [3.63, 3.8) is 0 Å². The minimum absolute atomic E-state index is 0.0240. The largest absolute Gasteiger partial charge is 0.409 e. The van der Waals surface area contributed by atoms with E-state index in [-0.39, 0.29) is 23.2 Å². The average molecular weight is 480 g/mol. The van der Waals surface area contributed by atoms with Crippen LogP contribution in [0.5, 0.6) is 0 Å². The normalized spacial score (nSPS) is 34.4. The molecule has 3 aliphatic heterocycles. The Balaban J connectivity index is 1.63. The molecule has 0 spiro atoms. The summed E-state index contributed by atoms with van der Waals surface area (Å²) in [5.41, 5.74) is 0.933. The van der Waals surface area contributed by atoms with Gasteiger partial charge in [-0.1, -0.05) is 51.1 Å². The molecular formula is C24H37NO7Si. The number of carbonyl (C=O) groups excluding carboxylic acids is 1. The van der Waals surface area contributed by atoms with Crippen molar-refractivity contribution in [3.8, 4) is 0 Å². The molecule has 1 aromatic rings. The molecule has 0 bridgehead atoms. The Morgan fingerprint density at radius 3 is 2.42 bits per heavy atom. The highest BCUT2D eigenvalue weighted by atomic mass is 28.4. The first kappa shape index (κ1) is 24.8. The van der Waals surface area contributed by atoms with Crippen LogP contribution < -0.4 is 5.32 Å². The van der Waals surface area contributed by atoms with Crippen molar-refractivity contribution in [3.05, 3.63) is 35.9 Å². The molecule has 3 heterocycles. The molecule has 1 N–H and O–H groups in total. The lowest BCUT2D eigenvalue weighted by Crippen LogP contribution is -2.69. The molecule has 1 unspecified atom stereocenters. The van der Waals surface area contributed by atoms with Crippen LogP contribution in [0, 0.1) is 0 Å². The van der Waals surface area contributed by atoms with E-state index < -0.39 is 39.1 Å². The van der Waals surface area contributed by atoms with Crippen LogP contribution in [0.15, 0.2) is 30.3 Å². The first-order valence-corrected chi connectivity index (χ1v) is 14.6. The molecule has 8 nitrogen and oxygen atoms in total. The van der Waals surface area contributed by atoms with Crippen LogP contribution in [0.1, 0.15) is 39.5 Å². The van der Waals surface area contributed by atoms with Gasteiger partial charge >= 0.3 is 0 Å². The Hall–Kier alpha value is -1.33. The summed E-state index contributed by atoms with van der Waals surface area (Å²) in [5.74, 6) is -0.172. The predicted octanol–water partition coefficient (Wildman–Crippen LogP) is 3.14. The zero-order chi connectivity index (χ0) is 23.8. The van der Waals surface area contributed by atoms with Crippen LogP contribution in [0.25, 0.3) is 0 Å². The van der Waals surface area contributed by atoms with E-state index in [1.54, 1.807) is 0 Å². The summed E-state index contributed by atoms with van der Waals surface area (Å²) in [6.07, 6.45) is -2.40. The molecule has 1 aromatic carbocycles. The maximum absolute atomic E-state index is 12.2. The van der Waals surface area contributed by atoms with Gasteiger partial charge in [-0.2, -0.15) is 0 Å². The predicted molar refractivity (Wildman–Crippen MR) is 124 cm³/mol. The molecule has 7 atom stereocenters. The summed E-state index contributed by atoms with van der Waals surface area (Å²) in [6, 6.07) is 9.31. The van der Waals surface area contributed by atoms with Crippen molar-refractivity contribution in [2.45, 2.75) is 88.9 Å². The van der Waals surface area contributed by atoms with E-state index >= 15 is 0 Å². The van der Waals surface area contributed by atoms with Gasteiger partial charge in [-0.3, -0.25) is 4.79 Å². The number of fused-ring (bicyclic) bond motifs is 1. The quantitative estimate of drug-likeness (QED) is 0.475. The van der Waals surface area contributed by atoms with E-state index in [0.29, 0.717) is 19.8 Å². The van der Waals surface area contributed by atoms with Gasteiger partial charge in [0.2, 0.25) is 5.91 Å². The second-order valence-corrected chi connectivity index (χ2v) is 15.3. The van der Waals surface area contributed by atoms with E-state index in [4.69, 9.17) is 28.1 Å².